The van der Waals surface area contributed by atoms with E-state index in [1.165, 1.54) is 7.11 Å². The molecule has 0 N–H and O–H groups in total. The summed E-state index contributed by atoms with van der Waals surface area (Å²) in [5, 5.41) is 0. The second-order valence-corrected chi connectivity index (χ2v) is 6.20. The fraction of sp³-hybridized carbons (Fsp3) is 0.786. The molecule has 0 spiro atoms. The number of carbonyl (C=O) groups is 1. The smallest absolute Gasteiger partial charge is 0.315 e. The highest BCUT2D eigenvalue weighted by atomic mass is 16.7. The van der Waals surface area contributed by atoms with Gasteiger partial charge >= 0.3 is 5.97 Å². The van der Waals surface area contributed by atoms with Crippen LogP contribution in [0.5, 0.6) is 0 Å². The summed E-state index contributed by atoms with van der Waals surface area (Å²) in [6.07, 6.45) is 3.10. The van der Waals surface area contributed by atoms with Gasteiger partial charge in [-0.25, -0.2) is 0 Å². The number of hydrogen-bond donors (Lipinski definition) is 0. The molecule has 0 unspecified atom stereocenters. The van der Waals surface area contributed by atoms with Gasteiger partial charge in [0.05, 0.1) is 23.7 Å². The van der Waals surface area contributed by atoms with Crippen LogP contribution in [0.2, 0.25) is 0 Å². The molecule has 0 aromatic carbocycles. The summed E-state index contributed by atoms with van der Waals surface area (Å²) in [7, 11) is 1.38. The summed E-state index contributed by atoms with van der Waals surface area (Å²) >= 11 is 0. The summed E-state index contributed by atoms with van der Waals surface area (Å²) in [4.78, 5) is 11.5. The van der Waals surface area contributed by atoms with Crippen LogP contribution >= 0.6 is 0 Å². The molecule has 0 bridgehead atoms. The minimum atomic E-state index is -0.682. The summed E-state index contributed by atoms with van der Waals surface area (Å²) in [6, 6.07) is 0. The molecule has 1 aliphatic rings. The van der Waals surface area contributed by atoms with Gasteiger partial charge in [-0.3, -0.25) is 4.79 Å². The van der Waals surface area contributed by atoms with E-state index in [2.05, 4.69) is 0 Å². The number of methoxy groups -OCH3 is 1. The summed E-state index contributed by atoms with van der Waals surface area (Å²) in [5.41, 5.74) is -1.41. The highest BCUT2D eigenvalue weighted by molar-refractivity contribution is 5.77. The van der Waals surface area contributed by atoms with E-state index in [1.807, 2.05) is 27.7 Å². The van der Waals surface area contributed by atoms with Crippen LogP contribution in [-0.4, -0.2) is 30.6 Å². The maximum atomic E-state index is 11.5. The summed E-state index contributed by atoms with van der Waals surface area (Å²) in [6.45, 7) is 11.6. The first-order valence-corrected chi connectivity index (χ1v) is 6.15. The molecule has 4 nitrogen and oxygen atoms in total. The van der Waals surface area contributed by atoms with Crippen molar-refractivity contribution in [1.29, 1.82) is 0 Å². The minimum Gasteiger partial charge on any atom is -0.468 e. The monoisotopic (exact) mass is 256 g/mol. The second-order valence-electron chi connectivity index (χ2n) is 6.20. The van der Waals surface area contributed by atoms with Gasteiger partial charge < -0.3 is 14.2 Å². The fourth-order valence-corrected chi connectivity index (χ4v) is 1.62. The zero-order chi connectivity index (χ0) is 14.2. The number of hydrogen-bond acceptors (Lipinski definition) is 4. The number of carbonyl (C=O) groups excluding carboxylic acids is 1. The molecular formula is C14H24O4. The molecule has 0 radical (unpaired) electrons. The Morgan fingerprint density at radius 2 is 1.61 bits per heavy atom. The Morgan fingerprint density at radius 1 is 1.17 bits per heavy atom. The molecule has 0 aliphatic carbocycles. The molecule has 0 amide bonds. The van der Waals surface area contributed by atoms with Gasteiger partial charge in [0.25, 0.3) is 0 Å². The maximum Gasteiger partial charge on any atom is 0.315 e. The molecule has 1 aliphatic heterocycles. The van der Waals surface area contributed by atoms with Crippen molar-refractivity contribution in [3.8, 4) is 0 Å². The first-order valence-electron chi connectivity index (χ1n) is 6.15. The number of rotatable bonds is 3. The van der Waals surface area contributed by atoms with E-state index in [0.29, 0.717) is 0 Å². The molecule has 1 fully saturated rings. The van der Waals surface area contributed by atoms with E-state index >= 15 is 0 Å². The summed E-state index contributed by atoms with van der Waals surface area (Å²) < 4.78 is 16.4. The van der Waals surface area contributed by atoms with Crippen LogP contribution in [0.1, 0.15) is 41.5 Å². The molecule has 18 heavy (non-hydrogen) atoms. The van der Waals surface area contributed by atoms with E-state index in [0.717, 1.165) is 0 Å². The van der Waals surface area contributed by atoms with E-state index < -0.39 is 11.7 Å². The van der Waals surface area contributed by atoms with Gasteiger partial charge in [0.1, 0.15) is 0 Å². The molecule has 4 heteroatoms. The van der Waals surface area contributed by atoms with Gasteiger partial charge in [0.15, 0.2) is 6.29 Å². The predicted octanol–water partition coefficient (Wildman–Crippen LogP) is 2.67. The SMILES string of the molecule is COC(=O)C(C)(C)C=CC1OC(C)(C)C(C)(C)O1. The Balaban J connectivity index is 2.74. The highest BCUT2D eigenvalue weighted by Gasteiger charge is 2.48. The van der Waals surface area contributed by atoms with Crippen molar-refractivity contribution in [2.45, 2.75) is 59.0 Å². The Labute approximate surface area is 109 Å². The Morgan fingerprint density at radius 3 is 2.00 bits per heavy atom. The van der Waals surface area contributed by atoms with Crippen molar-refractivity contribution in [3.63, 3.8) is 0 Å². The van der Waals surface area contributed by atoms with Crippen LogP contribution in [0.15, 0.2) is 12.2 Å². The average Bonchev–Trinajstić information content (AvgIpc) is 2.44. The Hall–Kier alpha value is -0.870. The van der Waals surface area contributed by atoms with Crippen molar-refractivity contribution in [3.05, 3.63) is 12.2 Å². The van der Waals surface area contributed by atoms with Gasteiger partial charge in [-0.1, -0.05) is 6.08 Å². The number of ether oxygens (including phenoxy) is 3. The van der Waals surface area contributed by atoms with Crippen molar-refractivity contribution in [2.75, 3.05) is 7.11 Å². The number of esters is 1. The van der Waals surface area contributed by atoms with Crippen LogP contribution in [0.3, 0.4) is 0 Å². The van der Waals surface area contributed by atoms with Gasteiger partial charge in [-0.05, 0) is 47.6 Å². The topological polar surface area (TPSA) is 44.8 Å². The van der Waals surface area contributed by atoms with Crippen molar-refractivity contribution < 1.29 is 19.0 Å². The molecular weight excluding hydrogens is 232 g/mol. The quantitative estimate of drug-likeness (QED) is 0.575. The van der Waals surface area contributed by atoms with Crippen LogP contribution < -0.4 is 0 Å². The fourth-order valence-electron chi connectivity index (χ4n) is 1.62. The zero-order valence-electron chi connectivity index (χ0n) is 12.4. The van der Waals surface area contributed by atoms with Crippen LogP contribution in [0.4, 0.5) is 0 Å². The Bertz CT molecular complexity index is 337. The van der Waals surface area contributed by atoms with Crippen LogP contribution in [0, 0.1) is 5.41 Å². The van der Waals surface area contributed by atoms with E-state index in [9.17, 15) is 4.79 Å². The zero-order valence-corrected chi connectivity index (χ0v) is 12.4. The lowest BCUT2D eigenvalue weighted by atomic mass is 9.90. The third-order valence-corrected chi connectivity index (χ3v) is 3.65. The van der Waals surface area contributed by atoms with Crippen LogP contribution in [0.25, 0.3) is 0 Å². The largest absolute Gasteiger partial charge is 0.468 e. The lowest BCUT2D eigenvalue weighted by molar-refractivity contribution is -0.148. The van der Waals surface area contributed by atoms with E-state index in [1.54, 1.807) is 26.0 Å². The van der Waals surface area contributed by atoms with Gasteiger partial charge in [-0.2, -0.15) is 0 Å². The molecule has 1 heterocycles. The molecule has 0 aromatic rings. The third-order valence-electron chi connectivity index (χ3n) is 3.65. The summed E-state index contributed by atoms with van der Waals surface area (Å²) in [5.74, 6) is -0.282. The predicted molar refractivity (Wildman–Crippen MR) is 69.1 cm³/mol. The second kappa shape index (κ2) is 4.67. The first-order chi connectivity index (χ1) is 8.02. The van der Waals surface area contributed by atoms with E-state index in [4.69, 9.17) is 14.2 Å². The van der Waals surface area contributed by atoms with Crippen molar-refractivity contribution in [1.82, 2.24) is 0 Å². The van der Waals surface area contributed by atoms with Gasteiger partial charge in [-0.15, -0.1) is 0 Å². The molecule has 0 aromatic heterocycles. The minimum absolute atomic E-state index is 0.282. The highest BCUT2D eigenvalue weighted by Crippen LogP contribution is 2.38. The van der Waals surface area contributed by atoms with Crippen molar-refractivity contribution in [2.24, 2.45) is 5.41 Å². The lowest BCUT2D eigenvalue weighted by Gasteiger charge is -2.30. The van der Waals surface area contributed by atoms with Crippen molar-refractivity contribution >= 4 is 5.97 Å². The van der Waals surface area contributed by atoms with Crippen LogP contribution in [-0.2, 0) is 19.0 Å². The first kappa shape index (κ1) is 15.2. The molecule has 0 atom stereocenters. The third kappa shape index (κ3) is 2.93. The lowest BCUT2D eigenvalue weighted by Crippen LogP contribution is -2.41. The van der Waals surface area contributed by atoms with E-state index in [-0.39, 0.29) is 17.2 Å². The normalized spacial score (nSPS) is 23.5. The molecule has 104 valence electrons. The standard InChI is InChI=1S/C14H24O4/c1-12(2,11(15)16-7)9-8-10-17-13(3,4)14(5,6)18-10/h8-10H,1-7H3. The maximum absolute atomic E-state index is 11.5. The van der Waals surface area contributed by atoms with Gasteiger partial charge in [0, 0.05) is 0 Å². The molecule has 0 saturated carbocycles. The molecule has 1 rings (SSSR count). The molecule has 1 saturated heterocycles. The van der Waals surface area contributed by atoms with Gasteiger partial charge in [0.2, 0.25) is 0 Å². The average molecular weight is 256 g/mol. The Kier molecular flexibility index (Phi) is 3.94.